The summed E-state index contributed by atoms with van der Waals surface area (Å²) in [6.45, 7) is 3.17. The SMILES string of the molecule is CC1CCCCC1OCc1c(CN)sc2cccc(F)c12. The zero-order chi connectivity index (χ0) is 14.8. The van der Waals surface area contributed by atoms with Crippen LogP contribution in [0.15, 0.2) is 18.2 Å². The third-order valence-electron chi connectivity index (χ3n) is 4.51. The molecule has 0 spiro atoms. The summed E-state index contributed by atoms with van der Waals surface area (Å²) in [5, 5.41) is 0.700. The topological polar surface area (TPSA) is 35.2 Å². The lowest BCUT2D eigenvalue weighted by atomic mass is 9.88. The van der Waals surface area contributed by atoms with Gasteiger partial charge in [-0.1, -0.05) is 25.8 Å². The predicted octanol–water partition coefficient (Wildman–Crippen LogP) is 4.59. The number of fused-ring (bicyclic) bond motifs is 1. The van der Waals surface area contributed by atoms with Gasteiger partial charge in [-0.15, -0.1) is 11.3 Å². The van der Waals surface area contributed by atoms with Crippen molar-refractivity contribution in [2.45, 2.75) is 51.9 Å². The molecular weight excluding hydrogens is 285 g/mol. The van der Waals surface area contributed by atoms with Crippen molar-refractivity contribution in [3.8, 4) is 0 Å². The maximum atomic E-state index is 14.1. The molecule has 2 nitrogen and oxygen atoms in total. The number of ether oxygens (including phenoxy) is 1. The van der Waals surface area contributed by atoms with Gasteiger partial charge in [0.1, 0.15) is 5.82 Å². The number of benzene rings is 1. The van der Waals surface area contributed by atoms with Gasteiger partial charge in [0, 0.05) is 27.1 Å². The number of rotatable bonds is 4. The zero-order valence-corrected chi connectivity index (χ0v) is 13.2. The van der Waals surface area contributed by atoms with Crippen molar-refractivity contribution in [1.82, 2.24) is 0 Å². The number of nitrogens with two attached hydrogens (primary N) is 1. The molecule has 0 bridgehead atoms. The summed E-state index contributed by atoms with van der Waals surface area (Å²) in [4.78, 5) is 1.04. The fourth-order valence-electron chi connectivity index (χ4n) is 3.25. The van der Waals surface area contributed by atoms with E-state index < -0.39 is 0 Å². The van der Waals surface area contributed by atoms with Crippen LogP contribution in [0, 0.1) is 11.7 Å². The molecule has 1 fully saturated rings. The molecule has 2 unspecified atom stereocenters. The normalized spacial score (nSPS) is 22.8. The van der Waals surface area contributed by atoms with Crippen LogP contribution in [-0.4, -0.2) is 6.10 Å². The van der Waals surface area contributed by atoms with Crippen LogP contribution < -0.4 is 5.73 Å². The molecule has 1 aromatic carbocycles. The van der Waals surface area contributed by atoms with E-state index in [0.29, 0.717) is 30.6 Å². The van der Waals surface area contributed by atoms with Gasteiger partial charge in [-0.25, -0.2) is 4.39 Å². The first-order valence-electron chi connectivity index (χ1n) is 7.71. The summed E-state index contributed by atoms with van der Waals surface area (Å²) in [7, 11) is 0. The lowest BCUT2D eigenvalue weighted by Gasteiger charge is -2.28. The number of halogens is 1. The molecule has 21 heavy (non-hydrogen) atoms. The van der Waals surface area contributed by atoms with Gasteiger partial charge in [0.25, 0.3) is 0 Å². The maximum Gasteiger partial charge on any atom is 0.132 e. The first-order valence-corrected chi connectivity index (χ1v) is 8.52. The monoisotopic (exact) mass is 307 g/mol. The molecule has 1 aliphatic carbocycles. The quantitative estimate of drug-likeness (QED) is 0.896. The third-order valence-corrected chi connectivity index (χ3v) is 5.73. The minimum atomic E-state index is -0.168. The molecule has 4 heteroatoms. The van der Waals surface area contributed by atoms with E-state index in [0.717, 1.165) is 21.6 Å². The highest BCUT2D eigenvalue weighted by Crippen LogP contribution is 2.35. The van der Waals surface area contributed by atoms with Crippen LogP contribution in [0.1, 0.15) is 43.0 Å². The number of hydrogen-bond acceptors (Lipinski definition) is 3. The molecule has 1 saturated carbocycles. The Morgan fingerprint density at radius 3 is 2.90 bits per heavy atom. The molecule has 1 aromatic heterocycles. The fraction of sp³-hybridized carbons (Fsp3) is 0.529. The van der Waals surface area contributed by atoms with Crippen molar-refractivity contribution in [2.24, 2.45) is 11.7 Å². The fourth-order valence-corrected chi connectivity index (χ4v) is 4.36. The van der Waals surface area contributed by atoms with Gasteiger partial charge >= 0.3 is 0 Å². The first-order chi connectivity index (χ1) is 10.2. The van der Waals surface area contributed by atoms with Crippen LogP contribution in [0.4, 0.5) is 4.39 Å². The second-order valence-corrected chi connectivity index (χ2v) is 7.07. The lowest BCUT2D eigenvalue weighted by Crippen LogP contribution is -2.25. The Morgan fingerprint density at radius 2 is 2.14 bits per heavy atom. The maximum absolute atomic E-state index is 14.1. The summed E-state index contributed by atoms with van der Waals surface area (Å²) in [6.07, 6.45) is 5.17. The van der Waals surface area contributed by atoms with Crippen LogP contribution in [-0.2, 0) is 17.9 Å². The van der Waals surface area contributed by atoms with Crippen molar-refractivity contribution in [3.63, 3.8) is 0 Å². The molecule has 1 heterocycles. The second-order valence-electron chi connectivity index (χ2n) is 5.93. The molecule has 1 aliphatic rings. The summed E-state index contributed by atoms with van der Waals surface area (Å²) >= 11 is 1.58. The highest BCUT2D eigenvalue weighted by molar-refractivity contribution is 7.19. The standard InChI is InChI=1S/C17H22FNOS/c1-11-5-2-3-7-14(11)20-10-12-16(9-19)21-15-8-4-6-13(18)17(12)15/h4,6,8,11,14H,2-3,5,7,9-10,19H2,1H3. The highest BCUT2D eigenvalue weighted by atomic mass is 32.1. The van der Waals surface area contributed by atoms with E-state index in [2.05, 4.69) is 6.92 Å². The van der Waals surface area contributed by atoms with Crippen molar-refractivity contribution in [2.75, 3.05) is 0 Å². The van der Waals surface area contributed by atoms with Gasteiger partial charge in [0.05, 0.1) is 12.7 Å². The van der Waals surface area contributed by atoms with Gasteiger partial charge < -0.3 is 10.5 Å². The summed E-state index contributed by atoms with van der Waals surface area (Å²) in [6, 6.07) is 5.22. The molecule has 0 amide bonds. The van der Waals surface area contributed by atoms with Crippen LogP contribution in [0.2, 0.25) is 0 Å². The molecule has 2 aromatic rings. The molecule has 114 valence electrons. The lowest BCUT2D eigenvalue weighted by molar-refractivity contribution is -0.0151. The molecule has 2 N–H and O–H groups in total. The van der Waals surface area contributed by atoms with E-state index in [1.54, 1.807) is 17.4 Å². The highest BCUT2D eigenvalue weighted by Gasteiger charge is 2.23. The van der Waals surface area contributed by atoms with E-state index in [1.807, 2.05) is 6.07 Å². The Bertz CT molecular complexity index is 625. The van der Waals surface area contributed by atoms with Gasteiger partial charge in [-0.05, 0) is 30.9 Å². The van der Waals surface area contributed by atoms with E-state index in [-0.39, 0.29) is 5.82 Å². The molecule has 0 radical (unpaired) electrons. The summed E-state index contributed by atoms with van der Waals surface area (Å²) < 4.78 is 21.2. The van der Waals surface area contributed by atoms with E-state index in [9.17, 15) is 4.39 Å². The van der Waals surface area contributed by atoms with Crippen LogP contribution >= 0.6 is 11.3 Å². The Balaban J connectivity index is 1.85. The van der Waals surface area contributed by atoms with E-state index in [1.165, 1.54) is 25.3 Å². The average molecular weight is 307 g/mol. The minimum absolute atomic E-state index is 0.168. The Hall–Kier alpha value is -0.970. The third kappa shape index (κ3) is 2.98. The van der Waals surface area contributed by atoms with Gasteiger partial charge in [0.15, 0.2) is 0 Å². The van der Waals surface area contributed by atoms with Gasteiger partial charge in [-0.3, -0.25) is 0 Å². The molecule has 3 rings (SSSR count). The Kier molecular flexibility index (Phi) is 4.57. The predicted molar refractivity (Wildman–Crippen MR) is 85.9 cm³/mol. The smallest absolute Gasteiger partial charge is 0.132 e. The zero-order valence-electron chi connectivity index (χ0n) is 12.4. The van der Waals surface area contributed by atoms with Crippen molar-refractivity contribution in [1.29, 1.82) is 0 Å². The summed E-state index contributed by atoms with van der Waals surface area (Å²) in [5.74, 6) is 0.425. The van der Waals surface area contributed by atoms with E-state index >= 15 is 0 Å². The Labute approximate surface area is 129 Å². The minimum Gasteiger partial charge on any atom is -0.373 e. The van der Waals surface area contributed by atoms with Gasteiger partial charge in [-0.2, -0.15) is 0 Å². The van der Waals surface area contributed by atoms with Crippen molar-refractivity contribution < 1.29 is 9.13 Å². The second kappa shape index (κ2) is 6.42. The van der Waals surface area contributed by atoms with Crippen LogP contribution in [0.5, 0.6) is 0 Å². The van der Waals surface area contributed by atoms with E-state index in [4.69, 9.17) is 10.5 Å². The number of hydrogen-bond donors (Lipinski definition) is 1. The molecule has 0 saturated heterocycles. The largest absolute Gasteiger partial charge is 0.373 e. The van der Waals surface area contributed by atoms with Crippen molar-refractivity contribution >= 4 is 21.4 Å². The average Bonchev–Trinajstić information content (AvgIpc) is 2.85. The Morgan fingerprint density at radius 1 is 1.33 bits per heavy atom. The van der Waals surface area contributed by atoms with Gasteiger partial charge in [0.2, 0.25) is 0 Å². The van der Waals surface area contributed by atoms with Crippen LogP contribution in [0.25, 0.3) is 10.1 Å². The van der Waals surface area contributed by atoms with Crippen molar-refractivity contribution in [3.05, 3.63) is 34.5 Å². The first kappa shape index (κ1) is 14.9. The van der Waals surface area contributed by atoms with Crippen LogP contribution in [0.3, 0.4) is 0 Å². The molecule has 2 atom stereocenters. The number of thiophene rings is 1. The molecular formula is C17H22FNOS. The summed E-state index contributed by atoms with van der Waals surface area (Å²) in [5.41, 5.74) is 6.79. The molecule has 0 aliphatic heterocycles.